The molecule has 1 aromatic heterocycles. The number of anilines is 2. The molecule has 0 aliphatic rings. The lowest BCUT2D eigenvalue weighted by atomic mass is 10.2. The van der Waals surface area contributed by atoms with Gasteiger partial charge in [0.1, 0.15) is 17.5 Å². The van der Waals surface area contributed by atoms with Gasteiger partial charge in [0.15, 0.2) is 0 Å². The second-order valence-corrected chi connectivity index (χ2v) is 4.43. The molecule has 0 aliphatic heterocycles. The van der Waals surface area contributed by atoms with Crippen molar-refractivity contribution in [2.75, 3.05) is 43.1 Å². The van der Waals surface area contributed by atoms with Crippen molar-refractivity contribution in [1.29, 1.82) is 0 Å². The van der Waals surface area contributed by atoms with Gasteiger partial charge >= 0.3 is 0 Å². The molecule has 1 rings (SSSR count). The summed E-state index contributed by atoms with van der Waals surface area (Å²) in [6.07, 6.45) is 1.02. The van der Waals surface area contributed by atoms with Gasteiger partial charge in [0, 0.05) is 25.2 Å². The number of hydrogen-bond acceptors (Lipinski definition) is 6. The summed E-state index contributed by atoms with van der Waals surface area (Å²) in [6, 6.07) is 0. The number of aromatic nitrogens is 2. The van der Waals surface area contributed by atoms with E-state index in [1.807, 2.05) is 18.7 Å². The second-order valence-electron chi connectivity index (χ2n) is 4.43. The third-order valence-corrected chi connectivity index (χ3v) is 2.81. The molecule has 0 aliphatic carbocycles. The van der Waals surface area contributed by atoms with Crippen LogP contribution in [0.4, 0.5) is 11.6 Å². The lowest BCUT2D eigenvalue weighted by Crippen LogP contribution is -2.31. The Hall–Kier alpha value is -1.40. The molecular weight excluding hydrogens is 244 g/mol. The number of hydrogen-bond donors (Lipinski definition) is 3. The molecule has 108 valence electrons. The van der Waals surface area contributed by atoms with Gasteiger partial charge in [0.05, 0.1) is 13.2 Å². The number of aryl methyl sites for hydroxylation is 1. The van der Waals surface area contributed by atoms with Gasteiger partial charge in [-0.05, 0) is 20.3 Å². The van der Waals surface area contributed by atoms with Gasteiger partial charge in [-0.3, -0.25) is 0 Å². The highest BCUT2D eigenvalue weighted by molar-refractivity contribution is 5.58. The number of aliphatic hydroxyl groups excluding tert-OH is 2. The molecule has 0 radical (unpaired) electrons. The number of rotatable bonds is 8. The lowest BCUT2D eigenvalue weighted by molar-refractivity contribution is 0.280. The van der Waals surface area contributed by atoms with Gasteiger partial charge in [-0.25, -0.2) is 9.97 Å². The standard InChI is InChI=1S/C13H24N4O2/c1-4-5-14-12-10(2)13(16-11(3)15-12)17(6-8-18)7-9-19/h18-19H,4-9H2,1-3H3,(H,14,15,16). The molecule has 1 heterocycles. The Morgan fingerprint density at radius 1 is 1.11 bits per heavy atom. The van der Waals surface area contributed by atoms with Crippen molar-refractivity contribution in [2.24, 2.45) is 0 Å². The summed E-state index contributed by atoms with van der Waals surface area (Å²) in [5.74, 6) is 2.28. The van der Waals surface area contributed by atoms with E-state index in [1.54, 1.807) is 0 Å². The normalized spacial score (nSPS) is 10.6. The Balaban J connectivity index is 3.06. The van der Waals surface area contributed by atoms with Crippen LogP contribution in [0.25, 0.3) is 0 Å². The average Bonchev–Trinajstić information content (AvgIpc) is 2.39. The SMILES string of the molecule is CCCNc1nc(C)nc(N(CCO)CCO)c1C. The Morgan fingerprint density at radius 2 is 1.74 bits per heavy atom. The van der Waals surface area contributed by atoms with Crippen LogP contribution in [0.5, 0.6) is 0 Å². The lowest BCUT2D eigenvalue weighted by Gasteiger charge is -2.25. The molecule has 0 saturated heterocycles. The molecule has 0 atom stereocenters. The number of nitrogens with one attached hydrogen (secondary N) is 1. The summed E-state index contributed by atoms with van der Waals surface area (Å²) in [5.41, 5.74) is 0.945. The number of aliphatic hydroxyl groups is 2. The maximum atomic E-state index is 9.11. The minimum atomic E-state index is 0.0280. The number of nitrogens with zero attached hydrogens (tertiary/aromatic N) is 3. The van der Waals surface area contributed by atoms with E-state index in [0.29, 0.717) is 18.9 Å². The zero-order valence-electron chi connectivity index (χ0n) is 12.0. The van der Waals surface area contributed by atoms with Crippen LogP contribution in [-0.4, -0.2) is 53.0 Å². The van der Waals surface area contributed by atoms with E-state index < -0.39 is 0 Å². The largest absolute Gasteiger partial charge is 0.395 e. The van der Waals surface area contributed by atoms with Gasteiger partial charge in [-0.1, -0.05) is 6.92 Å². The summed E-state index contributed by atoms with van der Waals surface area (Å²) in [6.45, 7) is 7.71. The van der Waals surface area contributed by atoms with Crippen LogP contribution in [0.3, 0.4) is 0 Å². The topological polar surface area (TPSA) is 81.5 Å². The molecule has 0 saturated carbocycles. The molecular formula is C13H24N4O2. The molecule has 3 N–H and O–H groups in total. The molecule has 0 spiro atoms. The van der Waals surface area contributed by atoms with Gasteiger partial charge in [-0.15, -0.1) is 0 Å². The van der Waals surface area contributed by atoms with Crippen molar-refractivity contribution in [3.05, 3.63) is 11.4 Å². The van der Waals surface area contributed by atoms with Crippen LogP contribution >= 0.6 is 0 Å². The summed E-state index contributed by atoms with van der Waals surface area (Å²) < 4.78 is 0. The summed E-state index contributed by atoms with van der Waals surface area (Å²) in [7, 11) is 0. The van der Waals surface area contributed by atoms with Crippen molar-refractivity contribution in [3.8, 4) is 0 Å². The fourth-order valence-electron chi connectivity index (χ4n) is 1.90. The predicted molar refractivity (Wildman–Crippen MR) is 76.7 cm³/mol. The van der Waals surface area contributed by atoms with E-state index in [-0.39, 0.29) is 13.2 Å². The van der Waals surface area contributed by atoms with Gasteiger partial charge in [0.25, 0.3) is 0 Å². The Labute approximate surface area is 114 Å². The smallest absolute Gasteiger partial charge is 0.137 e. The maximum Gasteiger partial charge on any atom is 0.137 e. The van der Waals surface area contributed by atoms with Gasteiger partial charge in [-0.2, -0.15) is 0 Å². The van der Waals surface area contributed by atoms with Crippen molar-refractivity contribution in [3.63, 3.8) is 0 Å². The first kappa shape index (κ1) is 15.7. The molecule has 0 bridgehead atoms. The van der Waals surface area contributed by atoms with Crippen LogP contribution in [0, 0.1) is 13.8 Å². The zero-order valence-corrected chi connectivity index (χ0v) is 12.0. The first-order chi connectivity index (χ1) is 9.13. The van der Waals surface area contributed by atoms with Crippen LogP contribution in [-0.2, 0) is 0 Å². The van der Waals surface area contributed by atoms with Crippen LogP contribution < -0.4 is 10.2 Å². The predicted octanol–water partition coefficient (Wildman–Crippen LogP) is 0.706. The molecule has 19 heavy (non-hydrogen) atoms. The molecule has 0 amide bonds. The van der Waals surface area contributed by atoms with Crippen LogP contribution in [0.15, 0.2) is 0 Å². The van der Waals surface area contributed by atoms with Crippen LogP contribution in [0.2, 0.25) is 0 Å². The molecule has 0 unspecified atom stereocenters. The first-order valence-corrected chi connectivity index (χ1v) is 6.69. The van der Waals surface area contributed by atoms with Crippen molar-refractivity contribution in [1.82, 2.24) is 9.97 Å². The summed E-state index contributed by atoms with van der Waals surface area (Å²) in [5, 5.41) is 21.5. The van der Waals surface area contributed by atoms with Crippen molar-refractivity contribution >= 4 is 11.6 Å². The third-order valence-electron chi connectivity index (χ3n) is 2.81. The van der Waals surface area contributed by atoms with Gasteiger partial charge < -0.3 is 20.4 Å². The maximum absolute atomic E-state index is 9.11. The van der Waals surface area contributed by atoms with Gasteiger partial charge in [0.2, 0.25) is 0 Å². The minimum Gasteiger partial charge on any atom is -0.395 e. The van der Waals surface area contributed by atoms with E-state index in [0.717, 1.165) is 30.2 Å². The van der Waals surface area contributed by atoms with E-state index in [2.05, 4.69) is 22.2 Å². The van der Waals surface area contributed by atoms with E-state index >= 15 is 0 Å². The Kier molecular flexibility index (Phi) is 6.52. The second kappa shape index (κ2) is 7.91. The highest BCUT2D eigenvalue weighted by atomic mass is 16.3. The molecule has 6 nitrogen and oxygen atoms in total. The Morgan fingerprint density at radius 3 is 2.26 bits per heavy atom. The first-order valence-electron chi connectivity index (χ1n) is 6.69. The van der Waals surface area contributed by atoms with E-state index in [9.17, 15) is 0 Å². The molecule has 6 heteroatoms. The van der Waals surface area contributed by atoms with E-state index in [1.165, 1.54) is 0 Å². The fraction of sp³-hybridized carbons (Fsp3) is 0.692. The van der Waals surface area contributed by atoms with E-state index in [4.69, 9.17) is 10.2 Å². The summed E-state index contributed by atoms with van der Waals surface area (Å²) in [4.78, 5) is 10.7. The molecule has 0 fully saturated rings. The average molecular weight is 268 g/mol. The minimum absolute atomic E-state index is 0.0280. The Bertz CT molecular complexity index is 392. The molecule has 0 aromatic carbocycles. The fourth-order valence-corrected chi connectivity index (χ4v) is 1.90. The zero-order chi connectivity index (χ0) is 14.3. The van der Waals surface area contributed by atoms with Crippen molar-refractivity contribution in [2.45, 2.75) is 27.2 Å². The monoisotopic (exact) mass is 268 g/mol. The highest BCUT2D eigenvalue weighted by Crippen LogP contribution is 2.23. The quantitative estimate of drug-likeness (QED) is 0.644. The van der Waals surface area contributed by atoms with Crippen LogP contribution in [0.1, 0.15) is 24.7 Å². The van der Waals surface area contributed by atoms with Crippen molar-refractivity contribution < 1.29 is 10.2 Å². The third kappa shape index (κ3) is 4.33. The molecule has 1 aromatic rings. The summed E-state index contributed by atoms with van der Waals surface area (Å²) >= 11 is 0. The highest BCUT2D eigenvalue weighted by Gasteiger charge is 2.14.